The van der Waals surface area contributed by atoms with Crippen LogP contribution < -0.4 is 14.8 Å². The summed E-state index contributed by atoms with van der Waals surface area (Å²) < 4.78 is 21.9. The highest BCUT2D eigenvalue weighted by Gasteiger charge is 2.28. The molecule has 2 atom stereocenters. The zero-order valence-electron chi connectivity index (χ0n) is 18.0. The lowest BCUT2D eigenvalue weighted by atomic mass is 9.93. The van der Waals surface area contributed by atoms with Crippen LogP contribution in [0.3, 0.4) is 0 Å². The fraction of sp³-hybridized carbons (Fsp3) is 0.682. The van der Waals surface area contributed by atoms with E-state index in [4.69, 9.17) is 18.9 Å². The molecule has 1 amide bonds. The van der Waals surface area contributed by atoms with E-state index in [1.165, 1.54) is 0 Å². The largest absolute Gasteiger partial charge is 0.490 e. The molecular formula is C22H34N2O6. The second-order valence-corrected chi connectivity index (χ2v) is 7.93. The molecule has 1 aromatic carbocycles. The van der Waals surface area contributed by atoms with Crippen molar-refractivity contribution in [2.75, 3.05) is 60.2 Å². The van der Waals surface area contributed by atoms with Crippen LogP contribution in [0.5, 0.6) is 11.5 Å². The van der Waals surface area contributed by atoms with E-state index < -0.39 is 6.10 Å². The number of carbonyl (C=O) groups excluding carboxylic acids is 1. The zero-order chi connectivity index (χ0) is 21.3. The lowest BCUT2D eigenvalue weighted by molar-refractivity contribution is 0.0192. The number of β-amino-alcohol motifs (C(OH)–C–C–N with tert-alkyl or cyclic N) is 1. The number of carbonyl (C=O) groups is 1. The Labute approximate surface area is 178 Å². The minimum Gasteiger partial charge on any atom is -0.490 e. The standard InChI is InChI=1S/C22H34N2O6/c1-27-8-3-6-24-7-5-17(19(25)14-24)13-23-22(26)18-11-16(15-28-2)12-20-21(18)30-10-4-9-29-20/h11-12,17,19,25H,3-10,13-15H2,1-2H3,(H,23,26)/t17-,19+/m0/s1. The van der Waals surface area contributed by atoms with Gasteiger partial charge in [0, 0.05) is 52.8 Å². The van der Waals surface area contributed by atoms with Crippen LogP contribution in [0, 0.1) is 5.92 Å². The van der Waals surface area contributed by atoms with Crippen LogP contribution in [-0.2, 0) is 16.1 Å². The van der Waals surface area contributed by atoms with Gasteiger partial charge in [-0.05, 0) is 37.1 Å². The summed E-state index contributed by atoms with van der Waals surface area (Å²) in [4.78, 5) is 15.2. The Morgan fingerprint density at radius 3 is 2.87 bits per heavy atom. The normalized spacial score (nSPS) is 21.8. The van der Waals surface area contributed by atoms with Crippen LogP contribution in [0.2, 0.25) is 0 Å². The third-order valence-corrected chi connectivity index (χ3v) is 5.62. The van der Waals surface area contributed by atoms with E-state index in [9.17, 15) is 9.90 Å². The summed E-state index contributed by atoms with van der Waals surface area (Å²) in [7, 11) is 3.32. The first kappa shape index (κ1) is 22.8. The minimum absolute atomic E-state index is 0.0329. The summed E-state index contributed by atoms with van der Waals surface area (Å²) in [6.07, 6.45) is 2.11. The monoisotopic (exact) mass is 422 g/mol. The number of methoxy groups -OCH3 is 2. The molecule has 0 aromatic heterocycles. The van der Waals surface area contributed by atoms with Gasteiger partial charge in [-0.25, -0.2) is 0 Å². The van der Waals surface area contributed by atoms with Gasteiger partial charge in [0.1, 0.15) is 0 Å². The Bertz CT molecular complexity index is 698. The Kier molecular flexibility index (Phi) is 8.74. The second-order valence-electron chi connectivity index (χ2n) is 7.93. The molecule has 3 rings (SSSR count). The van der Waals surface area contributed by atoms with Gasteiger partial charge in [0.25, 0.3) is 5.91 Å². The number of benzene rings is 1. The first-order chi connectivity index (χ1) is 14.6. The number of aliphatic hydroxyl groups excluding tert-OH is 1. The van der Waals surface area contributed by atoms with Crippen LogP contribution >= 0.6 is 0 Å². The molecule has 8 nitrogen and oxygen atoms in total. The zero-order valence-corrected chi connectivity index (χ0v) is 18.0. The van der Waals surface area contributed by atoms with Crippen molar-refractivity contribution in [3.8, 4) is 11.5 Å². The number of amides is 1. The summed E-state index contributed by atoms with van der Waals surface area (Å²) in [6, 6.07) is 3.66. The number of ether oxygens (including phenoxy) is 4. The molecule has 2 aliphatic heterocycles. The highest BCUT2D eigenvalue weighted by atomic mass is 16.5. The molecule has 0 aliphatic carbocycles. The van der Waals surface area contributed by atoms with E-state index in [-0.39, 0.29) is 11.8 Å². The second kappa shape index (κ2) is 11.5. The third kappa shape index (κ3) is 6.07. The van der Waals surface area contributed by atoms with Crippen molar-refractivity contribution in [1.82, 2.24) is 10.2 Å². The average Bonchev–Trinajstić information content (AvgIpc) is 2.98. The SMILES string of the molecule is COCCCN1CC[C@@H](CNC(=O)c2cc(COC)cc3c2OCCCO3)[C@H](O)C1. The predicted octanol–water partition coefficient (Wildman–Crippen LogP) is 1.44. The van der Waals surface area contributed by atoms with E-state index in [2.05, 4.69) is 10.2 Å². The highest BCUT2D eigenvalue weighted by Crippen LogP contribution is 2.35. The molecule has 2 N–H and O–H groups in total. The van der Waals surface area contributed by atoms with Crippen molar-refractivity contribution >= 4 is 5.91 Å². The number of nitrogens with one attached hydrogen (secondary N) is 1. The molecule has 0 bridgehead atoms. The van der Waals surface area contributed by atoms with Gasteiger partial charge in [-0.3, -0.25) is 4.79 Å². The number of nitrogens with zero attached hydrogens (tertiary/aromatic N) is 1. The molecule has 0 radical (unpaired) electrons. The first-order valence-electron chi connectivity index (χ1n) is 10.7. The van der Waals surface area contributed by atoms with Gasteiger partial charge in [-0.15, -0.1) is 0 Å². The van der Waals surface area contributed by atoms with Gasteiger partial charge < -0.3 is 34.3 Å². The van der Waals surface area contributed by atoms with E-state index in [1.807, 2.05) is 6.07 Å². The van der Waals surface area contributed by atoms with Crippen molar-refractivity contribution in [1.29, 1.82) is 0 Å². The molecule has 1 saturated heterocycles. The van der Waals surface area contributed by atoms with Crippen molar-refractivity contribution in [3.05, 3.63) is 23.3 Å². The number of rotatable bonds is 9. The van der Waals surface area contributed by atoms with Crippen LogP contribution in [0.25, 0.3) is 0 Å². The lowest BCUT2D eigenvalue weighted by Gasteiger charge is -2.36. The maximum atomic E-state index is 13.0. The molecule has 2 heterocycles. The fourth-order valence-electron chi connectivity index (χ4n) is 3.99. The Hall–Kier alpha value is -1.87. The number of aliphatic hydroxyl groups is 1. The predicted molar refractivity (Wildman–Crippen MR) is 112 cm³/mol. The molecule has 0 unspecified atom stereocenters. The van der Waals surface area contributed by atoms with Gasteiger partial charge in [0.15, 0.2) is 11.5 Å². The molecule has 30 heavy (non-hydrogen) atoms. The molecule has 0 saturated carbocycles. The molecule has 0 spiro atoms. The summed E-state index contributed by atoms with van der Waals surface area (Å²) >= 11 is 0. The van der Waals surface area contributed by atoms with Crippen LogP contribution in [0.4, 0.5) is 0 Å². The van der Waals surface area contributed by atoms with Gasteiger partial charge in [-0.1, -0.05) is 0 Å². The Balaban J connectivity index is 1.60. The molecule has 168 valence electrons. The Morgan fingerprint density at radius 2 is 2.10 bits per heavy atom. The molecule has 2 aliphatic rings. The summed E-state index contributed by atoms with van der Waals surface area (Å²) in [5, 5.41) is 13.5. The van der Waals surface area contributed by atoms with Crippen molar-refractivity contribution in [2.24, 2.45) is 5.92 Å². The third-order valence-electron chi connectivity index (χ3n) is 5.62. The summed E-state index contributed by atoms with van der Waals surface area (Å²) in [5.74, 6) is 0.880. The lowest BCUT2D eigenvalue weighted by Crippen LogP contribution is -2.48. The van der Waals surface area contributed by atoms with Crippen LogP contribution in [0.15, 0.2) is 12.1 Å². The molecule has 1 aromatic rings. The van der Waals surface area contributed by atoms with Crippen LogP contribution in [0.1, 0.15) is 35.2 Å². The summed E-state index contributed by atoms with van der Waals surface area (Å²) in [6.45, 7) is 5.06. The molecule has 8 heteroatoms. The van der Waals surface area contributed by atoms with Gasteiger partial charge in [0.05, 0.1) is 31.5 Å². The van der Waals surface area contributed by atoms with Gasteiger partial charge in [0.2, 0.25) is 0 Å². The quantitative estimate of drug-likeness (QED) is 0.582. The number of hydrogen-bond donors (Lipinski definition) is 2. The maximum absolute atomic E-state index is 13.0. The minimum atomic E-state index is -0.460. The van der Waals surface area contributed by atoms with E-state index in [0.29, 0.717) is 50.0 Å². The average molecular weight is 423 g/mol. The smallest absolute Gasteiger partial charge is 0.255 e. The number of hydrogen-bond acceptors (Lipinski definition) is 7. The van der Waals surface area contributed by atoms with Crippen molar-refractivity contribution < 1.29 is 28.8 Å². The van der Waals surface area contributed by atoms with E-state index in [0.717, 1.165) is 44.5 Å². The van der Waals surface area contributed by atoms with E-state index in [1.54, 1.807) is 20.3 Å². The van der Waals surface area contributed by atoms with E-state index >= 15 is 0 Å². The van der Waals surface area contributed by atoms with Gasteiger partial charge >= 0.3 is 0 Å². The van der Waals surface area contributed by atoms with Crippen molar-refractivity contribution in [3.63, 3.8) is 0 Å². The fourth-order valence-corrected chi connectivity index (χ4v) is 3.99. The number of fused-ring (bicyclic) bond motifs is 1. The summed E-state index contributed by atoms with van der Waals surface area (Å²) in [5.41, 5.74) is 1.31. The highest BCUT2D eigenvalue weighted by molar-refractivity contribution is 5.98. The van der Waals surface area contributed by atoms with Gasteiger partial charge in [-0.2, -0.15) is 0 Å². The number of likely N-dealkylation sites (tertiary alicyclic amines) is 1. The number of piperidine rings is 1. The topological polar surface area (TPSA) is 89.5 Å². The maximum Gasteiger partial charge on any atom is 0.255 e. The Morgan fingerprint density at radius 1 is 1.27 bits per heavy atom. The van der Waals surface area contributed by atoms with Crippen molar-refractivity contribution in [2.45, 2.75) is 32.0 Å². The van der Waals surface area contributed by atoms with Crippen LogP contribution in [-0.4, -0.2) is 82.2 Å². The molecule has 1 fully saturated rings. The first-order valence-corrected chi connectivity index (χ1v) is 10.7. The molecular weight excluding hydrogens is 388 g/mol.